The number of nitrogens with zero attached hydrogens (tertiary/aromatic N) is 4. The zero-order chi connectivity index (χ0) is 19.4. The molecule has 7 heteroatoms. The molecule has 3 saturated heterocycles. The maximum atomic E-state index is 13.1. The minimum atomic E-state index is -0.573. The molecular formula is C21H25N5O2. The van der Waals surface area contributed by atoms with Crippen LogP contribution < -0.4 is 5.73 Å². The Morgan fingerprint density at radius 2 is 1.79 bits per heavy atom. The summed E-state index contributed by atoms with van der Waals surface area (Å²) in [5, 5.41) is 9.38. The van der Waals surface area contributed by atoms with Gasteiger partial charge in [-0.25, -0.2) is 0 Å². The number of aromatic nitrogens is 1. The van der Waals surface area contributed by atoms with Crippen LogP contribution in [0.5, 0.6) is 0 Å². The Bertz CT molecular complexity index is 823. The van der Waals surface area contributed by atoms with E-state index in [4.69, 9.17) is 5.73 Å². The van der Waals surface area contributed by atoms with Crippen LogP contribution in [-0.2, 0) is 4.79 Å². The Labute approximate surface area is 164 Å². The highest BCUT2D eigenvalue weighted by Gasteiger charge is 2.56. The molecule has 4 fully saturated rings. The van der Waals surface area contributed by atoms with Crippen LogP contribution in [0.4, 0.5) is 0 Å². The lowest BCUT2D eigenvalue weighted by atomic mass is 9.84. The number of hydrogen-bond acceptors (Lipinski definition) is 5. The molecule has 2 N–H and O–H groups in total. The summed E-state index contributed by atoms with van der Waals surface area (Å²) in [6.07, 6.45) is 8.55. The quantitative estimate of drug-likeness (QED) is 0.853. The number of fused-ring (bicyclic) bond motifs is 3. The average molecular weight is 379 g/mol. The third-order valence-corrected chi connectivity index (χ3v) is 7.23. The summed E-state index contributed by atoms with van der Waals surface area (Å²) in [4.78, 5) is 33.8. The molecule has 1 aromatic heterocycles. The van der Waals surface area contributed by atoms with Gasteiger partial charge in [-0.3, -0.25) is 14.6 Å². The predicted octanol–water partition coefficient (Wildman–Crippen LogP) is 1.31. The third-order valence-electron chi connectivity index (χ3n) is 7.23. The van der Waals surface area contributed by atoms with Gasteiger partial charge in [0.25, 0.3) is 5.91 Å². The highest BCUT2D eigenvalue weighted by Crippen LogP contribution is 2.48. The molecule has 6 atom stereocenters. The number of carbonyl (C=O) groups excluding carboxylic acids is 2. The largest absolute Gasteiger partial charge is 0.333 e. The first-order chi connectivity index (χ1) is 13.6. The first-order valence-corrected chi connectivity index (χ1v) is 10.3. The number of hydrogen-bond donors (Lipinski definition) is 1. The van der Waals surface area contributed by atoms with Crippen molar-refractivity contribution in [2.75, 3.05) is 0 Å². The van der Waals surface area contributed by atoms with Gasteiger partial charge >= 0.3 is 0 Å². The molecule has 0 spiro atoms. The van der Waals surface area contributed by atoms with Gasteiger partial charge in [-0.15, -0.1) is 0 Å². The van der Waals surface area contributed by atoms with E-state index in [9.17, 15) is 14.9 Å². The maximum absolute atomic E-state index is 13.1. The van der Waals surface area contributed by atoms with Gasteiger partial charge in [-0.2, -0.15) is 5.26 Å². The first kappa shape index (κ1) is 17.6. The van der Waals surface area contributed by atoms with Crippen molar-refractivity contribution in [2.45, 2.75) is 68.7 Å². The van der Waals surface area contributed by atoms with Crippen LogP contribution >= 0.6 is 0 Å². The summed E-state index contributed by atoms with van der Waals surface area (Å²) in [5.41, 5.74) is 7.11. The van der Waals surface area contributed by atoms with E-state index in [1.165, 1.54) is 0 Å². The number of nitriles is 1. The number of carbonyl (C=O) groups is 2. The molecule has 1 aliphatic carbocycles. The van der Waals surface area contributed by atoms with E-state index >= 15 is 0 Å². The van der Waals surface area contributed by atoms with Gasteiger partial charge in [0.2, 0.25) is 5.91 Å². The van der Waals surface area contributed by atoms with Gasteiger partial charge in [0, 0.05) is 36.1 Å². The molecule has 7 nitrogen and oxygen atoms in total. The number of rotatable bonds is 3. The molecule has 2 bridgehead atoms. The summed E-state index contributed by atoms with van der Waals surface area (Å²) in [7, 11) is 0. The molecule has 146 valence electrons. The average Bonchev–Trinajstić information content (AvgIpc) is 3.32. The summed E-state index contributed by atoms with van der Waals surface area (Å²) < 4.78 is 0. The molecule has 1 aromatic rings. The molecule has 5 rings (SSSR count). The Morgan fingerprint density at radius 3 is 2.43 bits per heavy atom. The van der Waals surface area contributed by atoms with E-state index in [0.29, 0.717) is 11.5 Å². The fourth-order valence-electron chi connectivity index (χ4n) is 5.75. The second-order valence-corrected chi connectivity index (χ2v) is 8.78. The lowest BCUT2D eigenvalue weighted by Gasteiger charge is -2.41. The Hall–Kier alpha value is -2.46. The molecule has 2 amide bonds. The minimum Gasteiger partial charge on any atom is -0.333 e. The molecule has 4 aliphatic rings. The van der Waals surface area contributed by atoms with Crippen molar-refractivity contribution in [2.24, 2.45) is 17.6 Å². The molecule has 0 aromatic carbocycles. The smallest absolute Gasteiger partial charge is 0.254 e. The third kappa shape index (κ3) is 2.70. The predicted molar refractivity (Wildman–Crippen MR) is 101 cm³/mol. The van der Waals surface area contributed by atoms with Crippen LogP contribution in [0.1, 0.15) is 48.9 Å². The number of pyridine rings is 1. The van der Waals surface area contributed by atoms with E-state index in [0.717, 1.165) is 38.5 Å². The Kier molecular flexibility index (Phi) is 4.13. The van der Waals surface area contributed by atoms with Crippen molar-refractivity contribution in [3.63, 3.8) is 0 Å². The molecular weight excluding hydrogens is 354 g/mol. The zero-order valence-electron chi connectivity index (χ0n) is 15.8. The first-order valence-electron chi connectivity index (χ1n) is 10.3. The van der Waals surface area contributed by atoms with E-state index in [2.05, 4.69) is 11.1 Å². The van der Waals surface area contributed by atoms with E-state index in [1.807, 2.05) is 4.90 Å². The molecule has 3 aliphatic heterocycles. The van der Waals surface area contributed by atoms with Crippen LogP contribution in [0.15, 0.2) is 24.5 Å². The topological polar surface area (TPSA) is 103 Å². The second kappa shape index (κ2) is 6.56. The molecule has 28 heavy (non-hydrogen) atoms. The lowest BCUT2D eigenvalue weighted by Crippen LogP contribution is -2.55. The summed E-state index contributed by atoms with van der Waals surface area (Å²) in [6, 6.07) is 5.41. The molecule has 4 heterocycles. The molecule has 0 radical (unpaired) electrons. The van der Waals surface area contributed by atoms with Gasteiger partial charge in [-0.05, 0) is 62.5 Å². The van der Waals surface area contributed by atoms with E-state index in [-0.39, 0.29) is 41.9 Å². The molecule has 2 unspecified atom stereocenters. The maximum Gasteiger partial charge on any atom is 0.254 e. The fourth-order valence-corrected chi connectivity index (χ4v) is 5.75. The number of piperidine rings is 2. The number of nitrogens with two attached hydrogens (primary N) is 1. The minimum absolute atomic E-state index is 0.0538. The Balaban J connectivity index is 1.29. The highest BCUT2D eigenvalue weighted by atomic mass is 16.2. The Morgan fingerprint density at radius 1 is 1.11 bits per heavy atom. The van der Waals surface area contributed by atoms with Crippen LogP contribution in [0.25, 0.3) is 0 Å². The summed E-state index contributed by atoms with van der Waals surface area (Å²) >= 11 is 0. The SMILES string of the molecule is N#C[C@@H]1C[C@@H]2C[C@@H]2N1C(=O)[C@@H](N)C1CC2CCC(C1)N2C(=O)c1ccncc1. The van der Waals surface area contributed by atoms with Gasteiger partial charge in [-0.1, -0.05) is 0 Å². The highest BCUT2D eigenvalue weighted by molar-refractivity contribution is 5.94. The monoisotopic (exact) mass is 379 g/mol. The van der Waals surface area contributed by atoms with Crippen molar-refractivity contribution >= 4 is 11.8 Å². The standard InChI is InChI=1S/C21H25N5O2/c22-11-17-7-13-10-18(13)26(17)21(28)19(23)14-8-15-1-2-16(9-14)25(15)20(27)12-3-5-24-6-4-12/h3-6,13-19H,1-2,7-10,23H2/t13-,14?,15?,16?,17+,18+,19+/m1/s1. The van der Waals surface area contributed by atoms with Crippen molar-refractivity contribution < 1.29 is 9.59 Å². The van der Waals surface area contributed by atoms with Crippen molar-refractivity contribution in [1.82, 2.24) is 14.8 Å². The van der Waals surface area contributed by atoms with E-state index < -0.39 is 6.04 Å². The zero-order valence-corrected chi connectivity index (χ0v) is 15.8. The van der Waals surface area contributed by atoms with Gasteiger partial charge in [0.15, 0.2) is 0 Å². The number of likely N-dealkylation sites (tertiary alicyclic amines) is 1. The summed E-state index contributed by atoms with van der Waals surface area (Å²) in [6.45, 7) is 0. The fraction of sp³-hybridized carbons (Fsp3) is 0.619. The van der Waals surface area contributed by atoms with Crippen LogP contribution in [0.2, 0.25) is 0 Å². The normalized spacial score (nSPS) is 36.6. The van der Waals surface area contributed by atoms with Gasteiger partial charge in [0.05, 0.1) is 12.1 Å². The van der Waals surface area contributed by atoms with Gasteiger partial charge < -0.3 is 15.5 Å². The van der Waals surface area contributed by atoms with Crippen molar-refractivity contribution in [3.05, 3.63) is 30.1 Å². The van der Waals surface area contributed by atoms with E-state index in [1.54, 1.807) is 29.4 Å². The van der Waals surface area contributed by atoms with Gasteiger partial charge in [0.1, 0.15) is 6.04 Å². The second-order valence-electron chi connectivity index (χ2n) is 8.78. The summed E-state index contributed by atoms with van der Waals surface area (Å²) in [5.74, 6) is 0.563. The van der Waals surface area contributed by atoms with Crippen LogP contribution in [-0.4, -0.2) is 56.8 Å². The lowest BCUT2D eigenvalue weighted by molar-refractivity contribution is -0.135. The van der Waals surface area contributed by atoms with Crippen molar-refractivity contribution in [3.8, 4) is 6.07 Å². The van der Waals surface area contributed by atoms with Crippen LogP contribution in [0.3, 0.4) is 0 Å². The molecule has 1 saturated carbocycles. The van der Waals surface area contributed by atoms with Crippen LogP contribution in [0, 0.1) is 23.2 Å². The van der Waals surface area contributed by atoms with Crippen molar-refractivity contribution in [1.29, 1.82) is 5.26 Å². The number of amides is 2.